The monoisotopic (exact) mass is 252 g/mol. The highest BCUT2D eigenvalue weighted by atomic mass is 32.1. The first-order chi connectivity index (χ1) is 8.16. The standard InChI is InChI=1S/C12H20N4S/c1-9-4-2-3-6-16(9)7-5-11-15-8-10(17-11)12(13)14/h8-9H,2-7H2,1H3,(H3,13,14). The van der Waals surface area contributed by atoms with Crippen LogP contribution in [0, 0.1) is 5.41 Å². The second-order valence-corrected chi connectivity index (χ2v) is 5.78. The maximum Gasteiger partial charge on any atom is 0.134 e. The Morgan fingerprint density at radius 1 is 1.65 bits per heavy atom. The van der Waals surface area contributed by atoms with Gasteiger partial charge in [0.25, 0.3) is 0 Å². The van der Waals surface area contributed by atoms with E-state index in [4.69, 9.17) is 11.1 Å². The van der Waals surface area contributed by atoms with Crippen molar-refractivity contribution in [1.82, 2.24) is 9.88 Å². The molecule has 0 saturated carbocycles. The number of nitrogens with two attached hydrogens (primary N) is 1. The molecule has 2 rings (SSSR count). The largest absolute Gasteiger partial charge is 0.383 e. The molecule has 1 aliphatic rings. The summed E-state index contributed by atoms with van der Waals surface area (Å²) in [4.78, 5) is 7.64. The van der Waals surface area contributed by atoms with Gasteiger partial charge in [0.05, 0.1) is 9.88 Å². The van der Waals surface area contributed by atoms with E-state index in [1.54, 1.807) is 17.5 Å². The summed E-state index contributed by atoms with van der Waals surface area (Å²) in [5.74, 6) is 0.125. The maximum absolute atomic E-state index is 7.35. The summed E-state index contributed by atoms with van der Waals surface area (Å²) in [6.45, 7) is 4.60. The summed E-state index contributed by atoms with van der Waals surface area (Å²) < 4.78 is 0. The molecule has 94 valence electrons. The van der Waals surface area contributed by atoms with Crippen molar-refractivity contribution >= 4 is 17.2 Å². The normalized spacial score (nSPS) is 21.6. The van der Waals surface area contributed by atoms with Crippen LogP contribution in [0.15, 0.2) is 6.20 Å². The van der Waals surface area contributed by atoms with Crippen molar-refractivity contribution in [2.45, 2.75) is 38.6 Å². The van der Waals surface area contributed by atoms with Gasteiger partial charge in [0.2, 0.25) is 0 Å². The summed E-state index contributed by atoms with van der Waals surface area (Å²) in [5, 5.41) is 8.44. The topological polar surface area (TPSA) is 66.0 Å². The van der Waals surface area contributed by atoms with E-state index in [0.717, 1.165) is 22.9 Å². The molecule has 1 saturated heterocycles. The number of nitrogen functional groups attached to an aromatic ring is 1. The van der Waals surface area contributed by atoms with E-state index in [1.165, 1.54) is 25.8 Å². The molecule has 2 heterocycles. The van der Waals surface area contributed by atoms with Gasteiger partial charge in [-0.25, -0.2) is 4.98 Å². The average molecular weight is 252 g/mol. The summed E-state index contributed by atoms with van der Waals surface area (Å²) in [6.07, 6.45) is 6.69. The molecule has 0 amide bonds. The molecule has 0 radical (unpaired) electrons. The van der Waals surface area contributed by atoms with Crippen LogP contribution in [-0.4, -0.2) is 34.9 Å². The van der Waals surface area contributed by atoms with Crippen molar-refractivity contribution in [1.29, 1.82) is 5.41 Å². The number of likely N-dealkylation sites (tertiary alicyclic amines) is 1. The van der Waals surface area contributed by atoms with Gasteiger partial charge in [-0.2, -0.15) is 0 Å². The molecular weight excluding hydrogens is 232 g/mol. The molecule has 0 aromatic carbocycles. The highest BCUT2D eigenvalue weighted by Gasteiger charge is 2.18. The zero-order valence-electron chi connectivity index (χ0n) is 10.3. The van der Waals surface area contributed by atoms with Crippen molar-refractivity contribution in [2.24, 2.45) is 5.73 Å². The first-order valence-electron chi connectivity index (χ1n) is 6.20. The van der Waals surface area contributed by atoms with Crippen LogP contribution in [0.4, 0.5) is 0 Å². The summed E-state index contributed by atoms with van der Waals surface area (Å²) in [6, 6.07) is 0.705. The fourth-order valence-corrected chi connectivity index (χ4v) is 3.05. The Morgan fingerprint density at radius 2 is 2.47 bits per heavy atom. The minimum absolute atomic E-state index is 0.125. The van der Waals surface area contributed by atoms with Gasteiger partial charge in [0.1, 0.15) is 5.84 Å². The number of rotatable bonds is 4. The van der Waals surface area contributed by atoms with Gasteiger partial charge >= 0.3 is 0 Å². The van der Waals surface area contributed by atoms with Crippen LogP contribution < -0.4 is 5.73 Å². The quantitative estimate of drug-likeness (QED) is 0.635. The number of nitrogens with one attached hydrogen (secondary N) is 1. The summed E-state index contributed by atoms with van der Waals surface area (Å²) in [7, 11) is 0. The SMILES string of the molecule is CC1CCCCN1CCc1ncc(C(=N)N)s1. The van der Waals surface area contributed by atoms with Crippen LogP contribution in [0.1, 0.15) is 36.1 Å². The van der Waals surface area contributed by atoms with Crippen molar-refractivity contribution in [2.75, 3.05) is 13.1 Å². The molecule has 1 atom stereocenters. The number of aromatic nitrogens is 1. The number of nitrogens with zero attached hydrogens (tertiary/aromatic N) is 2. The van der Waals surface area contributed by atoms with Crippen LogP contribution in [0.5, 0.6) is 0 Å². The van der Waals surface area contributed by atoms with E-state index in [2.05, 4.69) is 16.8 Å². The number of piperidine rings is 1. The zero-order chi connectivity index (χ0) is 12.3. The number of hydrogen-bond acceptors (Lipinski definition) is 4. The Balaban J connectivity index is 1.86. The predicted octanol–water partition coefficient (Wildman–Crippen LogP) is 1.84. The molecule has 4 nitrogen and oxygen atoms in total. The number of amidine groups is 1. The van der Waals surface area contributed by atoms with Crippen molar-refractivity contribution in [3.8, 4) is 0 Å². The highest BCUT2D eigenvalue weighted by Crippen LogP contribution is 2.18. The van der Waals surface area contributed by atoms with Gasteiger partial charge in [0, 0.05) is 25.2 Å². The minimum Gasteiger partial charge on any atom is -0.383 e. The summed E-state index contributed by atoms with van der Waals surface area (Å²) in [5.41, 5.74) is 5.43. The van der Waals surface area contributed by atoms with E-state index in [-0.39, 0.29) is 5.84 Å². The van der Waals surface area contributed by atoms with E-state index in [0.29, 0.717) is 6.04 Å². The van der Waals surface area contributed by atoms with E-state index < -0.39 is 0 Å². The first kappa shape index (κ1) is 12.5. The van der Waals surface area contributed by atoms with Crippen LogP contribution in [0.2, 0.25) is 0 Å². The van der Waals surface area contributed by atoms with Gasteiger partial charge in [-0.3, -0.25) is 5.41 Å². The smallest absolute Gasteiger partial charge is 0.134 e. The third kappa shape index (κ3) is 3.26. The molecule has 17 heavy (non-hydrogen) atoms. The van der Waals surface area contributed by atoms with Crippen LogP contribution >= 0.6 is 11.3 Å². The van der Waals surface area contributed by atoms with Gasteiger partial charge in [-0.1, -0.05) is 6.42 Å². The molecule has 0 bridgehead atoms. The summed E-state index contributed by atoms with van der Waals surface area (Å²) >= 11 is 1.54. The molecule has 3 N–H and O–H groups in total. The van der Waals surface area contributed by atoms with E-state index >= 15 is 0 Å². The van der Waals surface area contributed by atoms with Crippen molar-refractivity contribution < 1.29 is 0 Å². The van der Waals surface area contributed by atoms with Crippen molar-refractivity contribution in [3.05, 3.63) is 16.1 Å². The van der Waals surface area contributed by atoms with Crippen LogP contribution in [0.3, 0.4) is 0 Å². The van der Waals surface area contributed by atoms with Crippen LogP contribution in [0.25, 0.3) is 0 Å². The highest BCUT2D eigenvalue weighted by molar-refractivity contribution is 7.13. The Hall–Kier alpha value is -0.940. The molecule has 1 fully saturated rings. The van der Waals surface area contributed by atoms with Gasteiger partial charge in [-0.15, -0.1) is 11.3 Å². The molecular formula is C12H20N4S. The number of thiazole rings is 1. The first-order valence-corrected chi connectivity index (χ1v) is 7.01. The third-order valence-corrected chi connectivity index (χ3v) is 4.46. The van der Waals surface area contributed by atoms with Gasteiger partial charge in [0.15, 0.2) is 0 Å². The Bertz CT molecular complexity index is 388. The fourth-order valence-electron chi connectivity index (χ4n) is 2.28. The average Bonchev–Trinajstić information content (AvgIpc) is 2.77. The number of hydrogen-bond donors (Lipinski definition) is 2. The molecule has 0 spiro atoms. The Morgan fingerprint density at radius 3 is 3.12 bits per heavy atom. The second-order valence-electron chi connectivity index (χ2n) is 4.66. The minimum atomic E-state index is 0.125. The second kappa shape index (κ2) is 5.60. The predicted molar refractivity (Wildman–Crippen MR) is 71.7 cm³/mol. The molecule has 1 unspecified atom stereocenters. The Kier molecular flexibility index (Phi) is 4.12. The fraction of sp³-hybridized carbons (Fsp3) is 0.667. The maximum atomic E-state index is 7.35. The molecule has 1 aromatic heterocycles. The van der Waals surface area contributed by atoms with Crippen molar-refractivity contribution in [3.63, 3.8) is 0 Å². The van der Waals surface area contributed by atoms with Gasteiger partial charge in [-0.05, 0) is 26.3 Å². The van der Waals surface area contributed by atoms with E-state index in [1.807, 2.05) is 0 Å². The molecule has 1 aromatic rings. The lowest BCUT2D eigenvalue weighted by Crippen LogP contribution is -2.38. The molecule has 5 heteroatoms. The van der Waals surface area contributed by atoms with Gasteiger partial charge < -0.3 is 10.6 Å². The van der Waals surface area contributed by atoms with Crippen LogP contribution in [-0.2, 0) is 6.42 Å². The lowest BCUT2D eigenvalue weighted by atomic mass is 10.0. The zero-order valence-corrected chi connectivity index (χ0v) is 11.1. The third-order valence-electron chi connectivity index (χ3n) is 3.37. The van der Waals surface area contributed by atoms with E-state index in [9.17, 15) is 0 Å². The molecule has 0 aliphatic carbocycles. The lowest BCUT2D eigenvalue weighted by molar-refractivity contribution is 0.163. The Labute approximate surface area is 106 Å². The lowest BCUT2D eigenvalue weighted by Gasteiger charge is -2.32. The molecule has 1 aliphatic heterocycles.